The van der Waals surface area contributed by atoms with Crippen LogP contribution in [0, 0.1) is 6.92 Å². The third kappa shape index (κ3) is 5.92. The summed E-state index contributed by atoms with van der Waals surface area (Å²) in [6, 6.07) is 15.8. The van der Waals surface area contributed by atoms with E-state index in [9.17, 15) is 14.7 Å². The van der Waals surface area contributed by atoms with E-state index in [2.05, 4.69) is 18.2 Å². The standard InChI is InChI=1S/C36H37ClN4O5S/c1-19-14-26-33(30(20-6-9-23(37)10-7-20)29(19)32(35(43)44)46-36(2,3)4)47-34(38-26)22-8-11-27-25(16-22)31(39-40(27)5)21-12-13-41-24(15-21)17-45-18-28(41)42/h6-11,14,16,21,24,32H,12-13,15,17-18H2,1-5H3,(H,43,44)/t21?,24-,32-/m0/s1. The predicted molar refractivity (Wildman–Crippen MR) is 184 cm³/mol. The maximum Gasteiger partial charge on any atom is 0.337 e. The average molecular weight is 673 g/mol. The molecule has 244 valence electrons. The molecule has 3 atom stereocenters. The van der Waals surface area contributed by atoms with Crippen LogP contribution < -0.4 is 0 Å². The number of carbonyl (C=O) groups is 2. The fraction of sp³-hybridized carbons (Fsp3) is 0.389. The van der Waals surface area contributed by atoms with Crippen LogP contribution in [0.1, 0.15) is 62.5 Å². The molecule has 2 fully saturated rings. The number of carboxylic acids is 1. The fourth-order valence-corrected chi connectivity index (χ4v) is 8.29. The van der Waals surface area contributed by atoms with Gasteiger partial charge in [-0.05, 0) is 88.1 Å². The van der Waals surface area contributed by atoms with Crippen molar-refractivity contribution in [2.75, 3.05) is 19.8 Å². The minimum atomic E-state index is -1.18. The van der Waals surface area contributed by atoms with Crippen molar-refractivity contribution >= 4 is 55.9 Å². The molecule has 1 N–H and O–H groups in total. The Hall–Kier alpha value is -3.83. The SMILES string of the molecule is Cc1cc2nc(-c3ccc4c(c3)c(C3CCN5C(=O)COC[C@@H]5C3)nn4C)sc2c(-c2ccc(Cl)cc2)c1[C@H](OC(C)(C)C)C(=O)O. The number of aliphatic carboxylic acids is 1. The number of thiazole rings is 1. The maximum atomic E-state index is 12.7. The summed E-state index contributed by atoms with van der Waals surface area (Å²) in [4.78, 5) is 32.2. The topological polar surface area (TPSA) is 107 Å². The second-order valence-electron chi connectivity index (χ2n) is 13.5. The second kappa shape index (κ2) is 12.0. The molecule has 0 aliphatic carbocycles. The molecule has 3 aromatic carbocycles. The second-order valence-corrected chi connectivity index (χ2v) is 15.0. The highest BCUT2D eigenvalue weighted by molar-refractivity contribution is 7.22. The highest BCUT2D eigenvalue weighted by atomic mass is 35.5. The number of hydrogen-bond donors (Lipinski definition) is 1. The highest BCUT2D eigenvalue weighted by Gasteiger charge is 2.37. The van der Waals surface area contributed by atoms with Crippen molar-refractivity contribution in [2.24, 2.45) is 7.05 Å². The first kappa shape index (κ1) is 31.8. The number of piperidine rings is 1. The van der Waals surface area contributed by atoms with Gasteiger partial charge in [-0.25, -0.2) is 9.78 Å². The third-order valence-corrected chi connectivity index (χ3v) is 10.5. The van der Waals surface area contributed by atoms with Crippen LogP contribution in [-0.2, 0) is 26.1 Å². The number of ether oxygens (including phenoxy) is 2. The minimum Gasteiger partial charge on any atom is -0.479 e. The van der Waals surface area contributed by atoms with E-state index in [1.54, 1.807) is 0 Å². The first-order chi connectivity index (χ1) is 22.4. The molecule has 1 unspecified atom stereocenters. The van der Waals surface area contributed by atoms with Gasteiger partial charge in [0.15, 0.2) is 6.10 Å². The van der Waals surface area contributed by atoms with E-state index in [0.29, 0.717) is 23.7 Å². The lowest BCUT2D eigenvalue weighted by Gasteiger charge is -2.41. The molecule has 2 aliphatic heterocycles. The molecule has 9 nitrogen and oxygen atoms in total. The van der Waals surface area contributed by atoms with Gasteiger partial charge in [-0.2, -0.15) is 5.10 Å². The van der Waals surface area contributed by atoms with Gasteiger partial charge >= 0.3 is 5.97 Å². The number of benzene rings is 3. The Morgan fingerprint density at radius 1 is 1.15 bits per heavy atom. The van der Waals surface area contributed by atoms with Gasteiger partial charge in [0.1, 0.15) is 11.6 Å². The van der Waals surface area contributed by atoms with E-state index in [0.717, 1.165) is 66.9 Å². The Morgan fingerprint density at radius 2 is 1.89 bits per heavy atom. The molecule has 2 aromatic heterocycles. The number of morpholine rings is 1. The Labute approximate surface area is 282 Å². The number of fused-ring (bicyclic) bond motifs is 3. The summed E-state index contributed by atoms with van der Waals surface area (Å²) in [5.41, 5.74) is 6.17. The van der Waals surface area contributed by atoms with Crippen LogP contribution in [0.15, 0.2) is 48.5 Å². The number of nitrogens with zero attached hydrogens (tertiary/aromatic N) is 4. The van der Waals surface area contributed by atoms with Crippen molar-refractivity contribution in [3.63, 3.8) is 0 Å². The van der Waals surface area contributed by atoms with Gasteiger partial charge in [-0.3, -0.25) is 9.48 Å². The van der Waals surface area contributed by atoms with Crippen LogP contribution in [0.25, 0.3) is 42.8 Å². The van der Waals surface area contributed by atoms with Gasteiger partial charge < -0.3 is 19.5 Å². The Balaban J connectivity index is 1.35. The van der Waals surface area contributed by atoms with E-state index < -0.39 is 17.7 Å². The highest BCUT2D eigenvalue weighted by Crippen LogP contribution is 2.45. The quantitative estimate of drug-likeness (QED) is 0.199. The normalized spacial score (nSPS) is 19.4. The molecule has 0 bridgehead atoms. The van der Waals surface area contributed by atoms with Gasteiger partial charge in [-0.1, -0.05) is 23.7 Å². The largest absolute Gasteiger partial charge is 0.479 e. The monoisotopic (exact) mass is 672 g/mol. The summed E-state index contributed by atoms with van der Waals surface area (Å²) >= 11 is 7.81. The van der Waals surface area contributed by atoms with Crippen LogP contribution in [-0.4, -0.2) is 68.0 Å². The summed E-state index contributed by atoms with van der Waals surface area (Å²) in [6.07, 6.45) is 0.492. The van der Waals surface area contributed by atoms with Crippen molar-refractivity contribution in [1.82, 2.24) is 19.7 Å². The van der Waals surface area contributed by atoms with Crippen molar-refractivity contribution in [1.29, 1.82) is 0 Å². The number of carboxylic acid groups (broad SMARTS) is 1. The van der Waals surface area contributed by atoms with Crippen LogP contribution in [0.3, 0.4) is 0 Å². The first-order valence-electron chi connectivity index (χ1n) is 15.8. The number of hydrogen-bond acceptors (Lipinski definition) is 7. The molecule has 0 saturated carbocycles. The molecule has 1 amide bonds. The number of halogens is 1. The molecule has 11 heteroatoms. The summed E-state index contributed by atoms with van der Waals surface area (Å²) in [7, 11) is 1.97. The lowest BCUT2D eigenvalue weighted by molar-refractivity contribution is -0.160. The number of rotatable bonds is 6. The average Bonchev–Trinajstić information content (AvgIpc) is 3.60. The van der Waals surface area contributed by atoms with Gasteiger partial charge in [0, 0.05) is 46.6 Å². The lowest BCUT2D eigenvalue weighted by Crippen LogP contribution is -2.53. The molecular weight excluding hydrogens is 636 g/mol. The minimum absolute atomic E-state index is 0.0692. The zero-order valence-electron chi connectivity index (χ0n) is 27.0. The van der Waals surface area contributed by atoms with Crippen LogP contribution >= 0.6 is 22.9 Å². The molecule has 7 rings (SSSR count). The van der Waals surface area contributed by atoms with Crippen molar-refractivity contribution < 1.29 is 24.2 Å². The van der Waals surface area contributed by atoms with Gasteiger partial charge in [-0.15, -0.1) is 11.3 Å². The van der Waals surface area contributed by atoms with Crippen LogP contribution in [0.5, 0.6) is 0 Å². The summed E-state index contributed by atoms with van der Waals surface area (Å²) < 4.78 is 14.6. The Kier molecular flexibility index (Phi) is 8.11. The fourth-order valence-electron chi connectivity index (χ4n) is 7.04. The van der Waals surface area contributed by atoms with E-state index in [1.165, 1.54) is 11.3 Å². The summed E-state index contributed by atoms with van der Waals surface area (Å²) in [5.74, 6) is -0.774. The molecule has 47 heavy (non-hydrogen) atoms. The van der Waals surface area contributed by atoms with Crippen molar-refractivity contribution in [3.8, 4) is 21.7 Å². The van der Waals surface area contributed by atoms with E-state index in [-0.39, 0.29) is 24.5 Å². The third-order valence-electron chi connectivity index (χ3n) is 9.10. The van der Waals surface area contributed by atoms with E-state index >= 15 is 0 Å². The number of carbonyl (C=O) groups excluding carboxylic acids is 1. The van der Waals surface area contributed by atoms with Crippen molar-refractivity contribution in [3.05, 3.63) is 70.4 Å². The molecular formula is C36H37ClN4O5S. The summed E-state index contributed by atoms with van der Waals surface area (Å²) in [6.45, 7) is 8.93. The van der Waals surface area contributed by atoms with E-state index in [4.69, 9.17) is 31.2 Å². The molecule has 0 spiro atoms. The van der Waals surface area contributed by atoms with Gasteiger partial charge in [0.25, 0.3) is 0 Å². The molecule has 0 radical (unpaired) electrons. The van der Waals surface area contributed by atoms with Gasteiger partial charge in [0.05, 0.1) is 39.7 Å². The summed E-state index contributed by atoms with van der Waals surface area (Å²) in [5, 5.41) is 17.9. The number of aryl methyl sites for hydroxylation is 2. The lowest BCUT2D eigenvalue weighted by atomic mass is 9.86. The Bertz CT molecular complexity index is 2030. The Morgan fingerprint density at radius 3 is 2.62 bits per heavy atom. The number of amides is 1. The predicted octanol–water partition coefficient (Wildman–Crippen LogP) is 7.52. The van der Waals surface area contributed by atoms with Crippen LogP contribution in [0.2, 0.25) is 5.02 Å². The maximum absolute atomic E-state index is 12.7. The molecule has 2 saturated heterocycles. The zero-order valence-corrected chi connectivity index (χ0v) is 28.6. The smallest absolute Gasteiger partial charge is 0.337 e. The van der Waals surface area contributed by atoms with Gasteiger partial charge in [0.2, 0.25) is 5.91 Å². The van der Waals surface area contributed by atoms with Crippen LogP contribution in [0.4, 0.5) is 0 Å². The number of aromatic nitrogens is 3. The zero-order chi connectivity index (χ0) is 33.2. The molecule has 2 aliphatic rings. The van der Waals surface area contributed by atoms with E-state index in [1.807, 2.05) is 74.7 Å². The van der Waals surface area contributed by atoms with Crippen molar-refractivity contribution in [2.45, 2.75) is 64.2 Å². The molecule has 4 heterocycles. The first-order valence-corrected chi connectivity index (χ1v) is 17.0. The molecule has 5 aromatic rings.